The van der Waals surface area contributed by atoms with E-state index in [0.717, 1.165) is 10.5 Å². The summed E-state index contributed by atoms with van der Waals surface area (Å²) in [5.41, 5.74) is 2.41. The molecule has 1 heterocycles. The standard InChI is InChI=1S/C31H24BrNO8/c1-13-8-22(34)26-20(27(13)35)12-19-17(24(26)15-10-21(32)28(36)23(11-15)41-2)6-7-18-25(19)30(38)33(29(18)37)16-5-3-4-14(9-16)31(39)40/h3-6,8-11,18-19,24-25,36H,7,12H2,1-2H3,(H,39,40)/t18-,19+,24-,25-/m0/s1. The average molecular weight is 618 g/mol. The fraction of sp³-hybridized carbons (Fsp3) is 0.258. The maximum Gasteiger partial charge on any atom is 0.335 e. The van der Waals surface area contributed by atoms with E-state index in [2.05, 4.69) is 15.9 Å². The van der Waals surface area contributed by atoms with Crippen LogP contribution < -0.4 is 9.64 Å². The third-order valence-electron chi connectivity index (χ3n) is 8.52. The normalized spacial score (nSPS) is 25.4. The lowest BCUT2D eigenvalue weighted by Crippen LogP contribution is -2.39. The van der Waals surface area contributed by atoms with Crippen molar-refractivity contribution in [2.75, 3.05) is 12.0 Å². The highest BCUT2D eigenvalue weighted by Gasteiger charge is 2.56. The number of halogens is 1. The molecule has 2 N–H and O–H groups in total. The van der Waals surface area contributed by atoms with Crippen molar-refractivity contribution in [3.63, 3.8) is 0 Å². The van der Waals surface area contributed by atoms with Crippen LogP contribution in [-0.4, -0.2) is 46.7 Å². The number of allylic oxidation sites excluding steroid dienone is 6. The van der Waals surface area contributed by atoms with Gasteiger partial charge in [0, 0.05) is 22.6 Å². The molecule has 1 fully saturated rings. The molecule has 2 aromatic rings. The van der Waals surface area contributed by atoms with Crippen molar-refractivity contribution in [2.45, 2.75) is 25.7 Å². The van der Waals surface area contributed by atoms with Gasteiger partial charge in [-0.25, -0.2) is 4.79 Å². The average Bonchev–Trinajstić information content (AvgIpc) is 3.21. The highest BCUT2D eigenvalue weighted by atomic mass is 79.9. The van der Waals surface area contributed by atoms with Crippen LogP contribution in [0.5, 0.6) is 11.5 Å². The Kier molecular flexibility index (Phi) is 6.33. The molecule has 6 rings (SSSR count). The minimum Gasteiger partial charge on any atom is -0.503 e. The van der Waals surface area contributed by atoms with Crippen molar-refractivity contribution in [1.82, 2.24) is 0 Å². The van der Waals surface area contributed by atoms with Crippen LogP contribution in [0, 0.1) is 17.8 Å². The molecule has 1 aliphatic heterocycles. The summed E-state index contributed by atoms with van der Waals surface area (Å²) in [7, 11) is 1.41. The van der Waals surface area contributed by atoms with Crippen LogP contribution in [0.1, 0.15) is 41.6 Å². The zero-order valence-electron chi connectivity index (χ0n) is 22.0. The number of imide groups is 1. The summed E-state index contributed by atoms with van der Waals surface area (Å²) in [4.78, 5) is 67.1. The molecule has 0 saturated carbocycles. The van der Waals surface area contributed by atoms with Gasteiger partial charge in [-0.15, -0.1) is 0 Å². The SMILES string of the molecule is COc1cc([C@H]2C3=CC[C@@H]4C(=O)N(c5cccc(C(=O)O)c5)C(=O)[C@@H]4[C@@H]3CC3=C2C(=O)C=C(C)C3=O)cc(Br)c1O. The number of rotatable bonds is 4. The second-order valence-corrected chi connectivity index (χ2v) is 11.5. The molecular weight excluding hydrogens is 594 g/mol. The van der Waals surface area contributed by atoms with Crippen LogP contribution in [0.2, 0.25) is 0 Å². The van der Waals surface area contributed by atoms with Crippen molar-refractivity contribution >= 4 is 51.0 Å². The molecule has 2 amide bonds. The second-order valence-electron chi connectivity index (χ2n) is 10.6. The molecule has 0 spiro atoms. The van der Waals surface area contributed by atoms with E-state index in [-0.39, 0.29) is 47.2 Å². The van der Waals surface area contributed by atoms with Gasteiger partial charge in [0.2, 0.25) is 11.8 Å². The lowest BCUT2D eigenvalue weighted by Gasteiger charge is -2.42. The van der Waals surface area contributed by atoms with Gasteiger partial charge in [0.1, 0.15) is 0 Å². The molecule has 9 nitrogen and oxygen atoms in total. The number of methoxy groups -OCH3 is 1. The van der Waals surface area contributed by atoms with Crippen LogP contribution in [0.15, 0.2) is 75.3 Å². The third-order valence-corrected chi connectivity index (χ3v) is 9.12. The lowest BCUT2D eigenvalue weighted by atomic mass is 9.59. The first-order valence-corrected chi connectivity index (χ1v) is 13.8. The van der Waals surface area contributed by atoms with Crippen LogP contribution in [-0.2, 0) is 19.2 Å². The number of hydrogen-bond acceptors (Lipinski definition) is 7. The molecular formula is C31H24BrNO8. The Morgan fingerprint density at radius 3 is 2.54 bits per heavy atom. The molecule has 3 aliphatic carbocycles. The highest BCUT2D eigenvalue weighted by molar-refractivity contribution is 9.10. The van der Waals surface area contributed by atoms with E-state index >= 15 is 0 Å². The number of carbonyl (C=O) groups excluding carboxylic acids is 4. The number of ether oxygens (including phenoxy) is 1. The lowest BCUT2D eigenvalue weighted by molar-refractivity contribution is -0.123. The number of fused-ring (bicyclic) bond motifs is 3. The molecule has 2 aromatic carbocycles. The molecule has 0 unspecified atom stereocenters. The first-order chi connectivity index (χ1) is 19.5. The molecule has 41 heavy (non-hydrogen) atoms. The molecule has 1 saturated heterocycles. The van der Waals surface area contributed by atoms with Gasteiger partial charge >= 0.3 is 5.97 Å². The summed E-state index contributed by atoms with van der Waals surface area (Å²) in [6.45, 7) is 1.58. The molecule has 0 radical (unpaired) electrons. The first kappa shape index (κ1) is 26.9. The zero-order chi connectivity index (χ0) is 29.3. The van der Waals surface area contributed by atoms with Crippen molar-refractivity contribution in [3.8, 4) is 11.5 Å². The minimum absolute atomic E-state index is 0.0512. The number of carboxylic acids is 1. The Morgan fingerprint density at radius 1 is 1.07 bits per heavy atom. The number of carbonyl (C=O) groups is 5. The van der Waals surface area contributed by atoms with Crippen LogP contribution in [0.25, 0.3) is 0 Å². The molecule has 0 bridgehead atoms. The predicted molar refractivity (Wildman–Crippen MR) is 150 cm³/mol. The van der Waals surface area contributed by atoms with Gasteiger partial charge in [-0.3, -0.25) is 24.1 Å². The van der Waals surface area contributed by atoms with E-state index in [4.69, 9.17) is 4.74 Å². The van der Waals surface area contributed by atoms with Crippen LogP contribution in [0.4, 0.5) is 5.69 Å². The van der Waals surface area contributed by atoms with E-state index in [9.17, 15) is 34.2 Å². The quantitative estimate of drug-likeness (QED) is 0.291. The summed E-state index contributed by atoms with van der Waals surface area (Å²) in [6, 6.07) is 8.96. The number of phenols is 1. The maximum absolute atomic E-state index is 14.0. The number of Topliss-reactive ketones (excluding diaryl/α,β-unsaturated/α-hetero) is 1. The third kappa shape index (κ3) is 4.00. The van der Waals surface area contributed by atoms with Crippen LogP contribution >= 0.6 is 15.9 Å². The molecule has 4 atom stereocenters. The number of aromatic carboxylic acids is 1. The van der Waals surface area contributed by atoms with Crippen molar-refractivity contribution in [3.05, 3.63) is 86.4 Å². The van der Waals surface area contributed by atoms with Gasteiger partial charge in [-0.2, -0.15) is 0 Å². The Morgan fingerprint density at radius 2 is 1.83 bits per heavy atom. The fourth-order valence-electron chi connectivity index (χ4n) is 6.71. The number of ketones is 2. The van der Waals surface area contributed by atoms with Gasteiger partial charge < -0.3 is 14.9 Å². The van der Waals surface area contributed by atoms with Gasteiger partial charge in [-0.05, 0) is 83.6 Å². The number of amides is 2. The molecule has 0 aromatic heterocycles. The van der Waals surface area contributed by atoms with Gasteiger partial charge in [-0.1, -0.05) is 17.7 Å². The topological polar surface area (TPSA) is 138 Å². The number of benzene rings is 2. The Balaban J connectivity index is 1.49. The summed E-state index contributed by atoms with van der Waals surface area (Å²) < 4.78 is 5.69. The number of aromatic hydroxyl groups is 1. The fourth-order valence-corrected chi connectivity index (χ4v) is 7.17. The van der Waals surface area contributed by atoms with E-state index in [0.29, 0.717) is 26.8 Å². The Labute approximate surface area is 242 Å². The molecule has 10 heteroatoms. The number of nitrogens with zero attached hydrogens (tertiary/aromatic N) is 1. The van der Waals surface area contributed by atoms with Gasteiger partial charge in [0.25, 0.3) is 0 Å². The van der Waals surface area contributed by atoms with E-state index in [1.54, 1.807) is 19.1 Å². The molecule has 208 valence electrons. The van der Waals surface area contributed by atoms with Crippen molar-refractivity contribution in [1.29, 1.82) is 0 Å². The largest absolute Gasteiger partial charge is 0.503 e. The second kappa shape index (κ2) is 9.66. The van der Waals surface area contributed by atoms with Crippen molar-refractivity contribution < 1.29 is 38.9 Å². The van der Waals surface area contributed by atoms with Gasteiger partial charge in [0.15, 0.2) is 23.1 Å². The maximum atomic E-state index is 14.0. The molecule has 4 aliphatic rings. The van der Waals surface area contributed by atoms with Gasteiger partial charge in [0.05, 0.1) is 34.7 Å². The van der Waals surface area contributed by atoms with E-state index in [1.165, 1.54) is 37.5 Å². The highest BCUT2D eigenvalue weighted by Crippen LogP contribution is 2.56. The smallest absolute Gasteiger partial charge is 0.335 e. The summed E-state index contributed by atoms with van der Waals surface area (Å²) in [5, 5.41) is 19.9. The first-order valence-electron chi connectivity index (χ1n) is 13.0. The Bertz CT molecular complexity index is 1700. The predicted octanol–water partition coefficient (Wildman–Crippen LogP) is 4.50. The monoisotopic (exact) mass is 617 g/mol. The summed E-state index contributed by atoms with van der Waals surface area (Å²) in [5.74, 6) is -5.35. The number of carboxylic acid groups (broad SMARTS) is 1. The van der Waals surface area contributed by atoms with Crippen LogP contribution in [0.3, 0.4) is 0 Å². The number of phenolic OH excluding ortho intramolecular Hbond substituents is 1. The van der Waals surface area contributed by atoms with E-state index in [1.807, 2.05) is 6.08 Å². The number of anilines is 1. The van der Waals surface area contributed by atoms with Crippen molar-refractivity contribution in [2.24, 2.45) is 17.8 Å². The minimum atomic E-state index is -1.18. The number of hydrogen-bond donors (Lipinski definition) is 2. The zero-order valence-corrected chi connectivity index (χ0v) is 23.6. The summed E-state index contributed by atoms with van der Waals surface area (Å²) in [6.07, 6.45) is 3.57. The summed E-state index contributed by atoms with van der Waals surface area (Å²) >= 11 is 3.35. The van der Waals surface area contributed by atoms with E-state index < -0.39 is 41.5 Å². The Hall–Kier alpha value is -4.31.